The fraction of sp³-hybridized carbons (Fsp3) is 0.0714. The van der Waals surface area contributed by atoms with Crippen molar-refractivity contribution in [3.8, 4) is 0 Å². The highest BCUT2D eigenvalue weighted by molar-refractivity contribution is 9.10. The highest BCUT2D eigenvalue weighted by Gasteiger charge is 2.12. The van der Waals surface area contributed by atoms with E-state index in [0.717, 1.165) is 0 Å². The molecular formula is C14H12BrN3O3. The third kappa shape index (κ3) is 3.38. The molecule has 1 amide bonds. The van der Waals surface area contributed by atoms with Crippen LogP contribution >= 0.6 is 15.9 Å². The molecule has 0 aliphatic rings. The van der Waals surface area contributed by atoms with Crippen molar-refractivity contribution in [3.05, 3.63) is 62.1 Å². The number of nitro groups is 1. The van der Waals surface area contributed by atoms with Gasteiger partial charge in [-0.3, -0.25) is 14.9 Å². The van der Waals surface area contributed by atoms with E-state index in [1.165, 1.54) is 12.1 Å². The smallest absolute Gasteiger partial charge is 0.272 e. The van der Waals surface area contributed by atoms with E-state index in [1.54, 1.807) is 31.2 Å². The monoisotopic (exact) mass is 349 g/mol. The molecule has 3 N–H and O–H groups in total. The van der Waals surface area contributed by atoms with Crippen LogP contribution in [0.3, 0.4) is 0 Å². The first-order chi connectivity index (χ1) is 9.88. The summed E-state index contributed by atoms with van der Waals surface area (Å²) in [4.78, 5) is 22.4. The van der Waals surface area contributed by atoms with Crippen molar-refractivity contribution in [1.82, 2.24) is 0 Å². The first-order valence-corrected chi connectivity index (χ1v) is 6.79. The van der Waals surface area contributed by atoms with Crippen LogP contribution in [0, 0.1) is 17.0 Å². The van der Waals surface area contributed by atoms with Gasteiger partial charge < -0.3 is 11.1 Å². The van der Waals surface area contributed by atoms with E-state index in [1.807, 2.05) is 0 Å². The number of anilines is 2. The largest absolute Gasteiger partial charge is 0.398 e. The summed E-state index contributed by atoms with van der Waals surface area (Å²) in [6.45, 7) is 1.62. The van der Waals surface area contributed by atoms with Gasteiger partial charge in [-0.1, -0.05) is 0 Å². The lowest BCUT2D eigenvalue weighted by Crippen LogP contribution is -2.12. The Labute approximate surface area is 129 Å². The maximum Gasteiger partial charge on any atom is 0.272 e. The average molecular weight is 350 g/mol. The highest BCUT2D eigenvalue weighted by Crippen LogP contribution is 2.23. The Morgan fingerprint density at radius 2 is 2.00 bits per heavy atom. The molecule has 6 nitrogen and oxygen atoms in total. The number of hydrogen-bond donors (Lipinski definition) is 2. The molecule has 0 aliphatic heterocycles. The van der Waals surface area contributed by atoms with Gasteiger partial charge in [0.05, 0.1) is 4.92 Å². The van der Waals surface area contributed by atoms with Gasteiger partial charge in [0, 0.05) is 33.0 Å². The zero-order valence-electron chi connectivity index (χ0n) is 11.1. The van der Waals surface area contributed by atoms with Gasteiger partial charge in [-0.25, -0.2) is 0 Å². The molecule has 0 aliphatic carbocycles. The topological polar surface area (TPSA) is 98.3 Å². The molecule has 0 spiro atoms. The first-order valence-electron chi connectivity index (χ1n) is 6.00. The normalized spacial score (nSPS) is 10.2. The number of nitrogens with one attached hydrogen (secondary N) is 1. The Morgan fingerprint density at radius 1 is 1.29 bits per heavy atom. The minimum atomic E-state index is -0.460. The molecule has 2 aromatic carbocycles. The Morgan fingerprint density at radius 3 is 2.57 bits per heavy atom. The summed E-state index contributed by atoms with van der Waals surface area (Å²) in [5.41, 5.74) is 7.64. The lowest BCUT2D eigenvalue weighted by atomic mass is 10.1. The third-order valence-electron chi connectivity index (χ3n) is 2.91. The summed E-state index contributed by atoms with van der Waals surface area (Å²) in [5, 5.41) is 13.4. The van der Waals surface area contributed by atoms with Gasteiger partial charge in [0.2, 0.25) is 0 Å². The lowest BCUT2D eigenvalue weighted by Gasteiger charge is -2.07. The number of nitrogen functional groups attached to an aromatic ring is 1. The number of nitrogens with two attached hydrogens (primary N) is 1. The Bertz CT molecular complexity index is 731. The molecule has 7 heteroatoms. The standard InChI is InChI=1S/C14H12BrN3O3/c1-8-6-10(3-5-13(8)18(20)21)17-14(19)9-2-4-12(16)11(15)7-9/h2-7H,16H2,1H3,(H,17,19). The number of rotatable bonds is 3. The zero-order valence-corrected chi connectivity index (χ0v) is 12.7. The molecule has 0 atom stereocenters. The predicted molar refractivity (Wildman–Crippen MR) is 84.3 cm³/mol. The summed E-state index contributed by atoms with van der Waals surface area (Å²) < 4.78 is 0.634. The number of halogens is 1. The van der Waals surface area contributed by atoms with Gasteiger partial charge in [-0.2, -0.15) is 0 Å². The Balaban J connectivity index is 2.21. The fourth-order valence-electron chi connectivity index (χ4n) is 1.81. The number of hydrogen-bond acceptors (Lipinski definition) is 4. The summed E-state index contributed by atoms with van der Waals surface area (Å²) >= 11 is 3.26. The molecule has 0 fully saturated rings. The lowest BCUT2D eigenvalue weighted by molar-refractivity contribution is -0.385. The van der Waals surface area contributed by atoms with Gasteiger partial charge in [-0.15, -0.1) is 0 Å². The third-order valence-corrected chi connectivity index (χ3v) is 3.60. The highest BCUT2D eigenvalue weighted by atomic mass is 79.9. The van der Waals surface area contributed by atoms with E-state index >= 15 is 0 Å². The number of carbonyl (C=O) groups is 1. The zero-order chi connectivity index (χ0) is 15.6. The van der Waals surface area contributed by atoms with Crippen molar-refractivity contribution in [2.24, 2.45) is 0 Å². The minimum Gasteiger partial charge on any atom is -0.398 e. The van der Waals surface area contributed by atoms with Crippen LogP contribution in [0.25, 0.3) is 0 Å². The average Bonchev–Trinajstić information content (AvgIpc) is 2.41. The Hall–Kier alpha value is -2.41. The van der Waals surface area contributed by atoms with E-state index in [0.29, 0.717) is 27.0 Å². The predicted octanol–water partition coefficient (Wildman–Crippen LogP) is 3.50. The second kappa shape index (κ2) is 5.92. The Kier molecular flexibility index (Phi) is 4.23. The van der Waals surface area contributed by atoms with E-state index in [2.05, 4.69) is 21.2 Å². The van der Waals surface area contributed by atoms with Crippen LogP contribution in [0.1, 0.15) is 15.9 Å². The minimum absolute atomic E-state index is 0.0169. The molecule has 2 rings (SSSR count). The number of aryl methyl sites for hydroxylation is 1. The molecule has 0 radical (unpaired) electrons. The van der Waals surface area contributed by atoms with Crippen molar-refractivity contribution in [3.63, 3.8) is 0 Å². The van der Waals surface area contributed by atoms with Crippen LogP contribution in [0.2, 0.25) is 0 Å². The van der Waals surface area contributed by atoms with E-state index < -0.39 is 4.92 Å². The summed E-state index contributed by atoms with van der Waals surface area (Å²) in [5.74, 6) is -0.316. The molecule has 0 unspecified atom stereocenters. The van der Waals surface area contributed by atoms with Crippen LogP contribution in [0.5, 0.6) is 0 Å². The van der Waals surface area contributed by atoms with E-state index in [4.69, 9.17) is 5.73 Å². The maximum absolute atomic E-state index is 12.1. The van der Waals surface area contributed by atoms with Crippen LogP contribution in [-0.2, 0) is 0 Å². The summed E-state index contributed by atoms with van der Waals surface area (Å²) in [7, 11) is 0. The first kappa shape index (κ1) is 15.0. The van der Waals surface area contributed by atoms with Crippen molar-refractivity contribution in [2.45, 2.75) is 6.92 Å². The second-order valence-electron chi connectivity index (χ2n) is 4.45. The maximum atomic E-state index is 12.1. The number of amides is 1. The summed E-state index contributed by atoms with van der Waals surface area (Å²) in [6.07, 6.45) is 0. The number of carbonyl (C=O) groups excluding carboxylic acids is 1. The molecule has 0 heterocycles. The number of nitro benzene ring substituents is 1. The second-order valence-corrected chi connectivity index (χ2v) is 5.30. The molecule has 0 aromatic heterocycles. The number of benzene rings is 2. The van der Waals surface area contributed by atoms with Gasteiger partial charge in [-0.05, 0) is 53.2 Å². The van der Waals surface area contributed by atoms with Crippen molar-refractivity contribution < 1.29 is 9.72 Å². The van der Waals surface area contributed by atoms with Crippen molar-refractivity contribution in [2.75, 3.05) is 11.1 Å². The molecule has 0 bridgehead atoms. The quantitative estimate of drug-likeness (QED) is 0.503. The fourth-order valence-corrected chi connectivity index (χ4v) is 2.19. The van der Waals surface area contributed by atoms with Crippen LogP contribution < -0.4 is 11.1 Å². The molecule has 0 saturated carbocycles. The molecule has 108 valence electrons. The van der Waals surface area contributed by atoms with Gasteiger partial charge in [0.25, 0.3) is 11.6 Å². The van der Waals surface area contributed by atoms with E-state index in [9.17, 15) is 14.9 Å². The molecular weight excluding hydrogens is 338 g/mol. The van der Waals surface area contributed by atoms with E-state index in [-0.39, 0.29) is 11.6 Å². The van der Waals surface area contributed by atoms with Crippen LogP contribution in [0.4, 0.5) is 17.1 Å². The van der Waals surface area contributed by atoms with Gasteiger partial charge in [0.1, 0.15) is 0 Å². The summed E-state index contributed by atoms with van der Waals surface area (Å²) in [6, 6.07) is 9.26. The number of nitrogens with zero attached hydrogens (tertiary/aromatic N) is 1. The molecule has 21 heavy (non-hydrogen) atoms. The molecule has 0 saturated heterocycles. The van der Waals surface area contributed by atoms with Crippen LogP contribution in [-0.4, -0.2) is 10.8 Å². The van der Waals surface area contributed by atoms with Crippen LogP contribution in [0.15, 0.2) is 40.9 Å². The van der Waals surface area contributed by atoms with Gasteiger partial charge in [0.15, 0.2) is 0 Å². The SMILES string of the molecule is Cc1cc(NC(=O)c2ccc(N)c(Br)c2)ccc1[N+](=O)[O-]. The van der Waals surface area contributed by atoms with Crippen molar-refractivity contribution >= 4 is 38.9 Å². The van der Waals surface area contributed by atoms with Gasteiger partial charge >= 0.3 is 0 Å². The molecule has 2 aromatic rings. The van der Waals surface area contributed by atoms with Crippen molar-refractivity contribution in [1.29, 1.82) is 0 Å².